The lowest BCUT2D eigenvalue weighted by molar-refractivity contribution is -0.123. The summed E-state index contributed by atoms with van der Waals surface area (Å²) >= 11 is 6.13. The molecular formula is C18H20ClNO2. The summed E-state index contributed by atoms with van der Waals surface area (Å²) in [6.45, 7) is 5.88. The van der Waals surface area contributed by atoms with Crippen LogP contribution >= 0.6 is 11.6 Å². The highest BCUT2D eigenvalue weighted by Gasteiger charge is 2.12. The van der Waals surface area contributed by atoms with Crippen LogP contribution in [0, 0.1) is 13.8 Å². The van der Waals surface area contributed by atoms with Crippen LogP contribution in [-0.2, 0) is 4.79 Å². The summed E-state index contributed by atoms with van der Waals surface area (Å²) < 4.78 is 5.55. The normalized spacial score (nSPS) is 11.8. The molecule has 0 heterocycles. The molecule has 0 saturated heterocycles. The van der Waals surface area contributed by atoms with Crippen LogP contribution in [0.25, 0.3) is 0 Å². The monoisotopic (exact) mass is 317 g/mol. The van der Waals surface area contributed by atoms with Gasteiger partial charge in [0, 0.05) is 5.02 Å². The highest BCUT2D eigenvalue weighted by atomic mass is 35.5. The number of carbonyl (C=O) groups excluding carboxylic acids is 1. The molecule has 1 unspecified atom stereocenters. The van der Waals surface area contributed by atoms with E-state index in [0.29, 0.717) is 10.8 Å². The van der Waals surface area contributed by atoms with Gasteiger partial charge in [-0.05, 0) is 55.7 Å². The second-order valence-corrected chi connectivity index (χ2v) is 5.83. The summed E-state index contributed by atoms with van der Waals surface area (Å²) in [5.74, 6) is 0.532. The van der Waals surface area contributed by atoms with Crippen LogP contribution < -0.4 is 10.1 Å². The third-order valence-electron chi connectivity index (χ3n) is 3.31. The smallest absolute Gasteiger partial charge is 0.258 e. The van der Waals surface area contributed by atoms with Crippen LogP contribution in [0.3, 0.4) is 0 Å². The number of halogens is 1. The molecule has 0 spiro atoms. The van der Waals surface area contributed by atoms with Crippen molar-refractivity contribution in [1.29, 1.82) is 0 Å². The van der Waals surface area contributed by atoms with Gasteiger partial charge in [0.1, 0.15) is 5.75 Å². The Balaban J connectivity index is 1.91. The Morgan fingerprint density at radius 2 is 1.82 bits per heavy atom. The lowest BCUT2D eigenvalue weighted by atomic mass is 10.1. The molecule has 0 aliphatic heterocycles. The number of amides is 1. The van der Waals surface area contributed by atoms with Crippen molar-refractivity contribution in [3.63, 3.8) is 0 Å². The van der Waals surface area contributed by atoms with E-state index in [-0.39, 0.29) is 18.6 Å². The van der Waals surface area contributed by atoms with E-state index < -0.39 is 0 Å². The molecule has 0 fully saturated rings. The zero-order valence-electron chi connectivity index (χ0n) is 13.0. The molecule has 4 heteroatoms. The molecule has 1 amide bonds. The average Bonchev–Trinajstić information content (AvgIpc) is 2.44. The molecule has 2 aromatic carbocycles. The second-order valence-electron chi connectivity index (χ2n) is 5.42. The van der Waals surface area contributed by atoms with Gasteiger partial charge in [0.15, 0.2) is 6.61 Å². The molecule has 2 rings (SSSR count). The number of benzene rings is 2. The minimum atomic E-state index is -0.174. The molecule has 2 aromatic rings. The molecule has 0 aromatic heterocycles. The van der Waals surface area contributed by atoms with Crippen LogP contribution in [0.1, 0.15) is 29.7 Å². The Labute approximate surface area is 136 Å². The van der Waals surface area contributed by atoms with E-state index in [4.69, 9.17) is 16.3 Å². The zero-order valence-corrected chi connectivity index (χ0v) is 13.8. The summed E-state index contributed by atoms with van der Waals surface area (Å²) in [7, 11) is 0. The van der Waals surface area contributed by atoms with Gasteiger partial charge in [0.05, 0.1) is 6.04 Å². The number of aryl methyl sites for hydroxylation is 2. The fourth-order valence-electron chi connectivity index (χ4n) is 2.35. The van der Waals surface area contributed by atoms with Crippen molar-refractivity contribution in [1.82, 2.24) is 5.32 Å². The number of rotatable bonds is 5. The first kappa shape index (κ1) is 16.4. The van der Waals surface area contributed by atoms with Gasteiger partial charge in [0.2, 0.25) is 0 Å². The highest BCUT2D eigenvalue weighted by Crippen LogP contribution is 2.22. The van der Waals surface area contributed by atoms with Crippen molar-refractivity contribution in [3.8, 4) is 5.75 Å². The maximum atomic E-state index is 12.0. The summed E-state index contributed by atoms with van der Waals surface area (Å²) in [5.41, 5.74) is 3.11. The van der Waals surface area contributed by atoms with Crippen LogP contribution in [0.15, 0.2) is 42.5 Å². The number of ether oxygens (including phenoxy) is 1. The predicted molar refractivity (Wildman–Crippen MR) is 89.4 cm³/mol. The molecular weight excluding hydrogens is 298 g/mol. The standard InChI is InChI=1S/C18H20ClNO2/c1-12-8-13(2)10-15(9-12)22-11-18(21)20-14(3)16-6-4-5-7-17(16)19/h4-10,14H,11H2,1-3H3,(H,20,21). The van der Waals surface area contributed by atoms with Crippen LogP contribution in [0.5, 0.6) is 5.75 Å². The maximum Gasteiger partial charge on any atom is 0.258 e. The summed E-state index contributed by atoms with van der Waals surface area (Å²) in [6.07, 6.45) is 0. The van der Waals surface area contributed by atoms with Crippen molar-refractivity contribution < 1.29 is 9.53 Å². The third kappa shape index (κ3) is 4.50. The van der Waals surface area contributed by atoms with E-state index in [2.05, 4.69) is 11.4 Å². The Hall–Kier alpha value is -2.00. The first-order chi connectivity index (χ1) is 10.5. The summed E-state index contributed by atoms with van der Waals surface area (Å²) in [6, 6.07) is 13.2. The largest absolute Gasteiger partial charge is 0.484 e. The fraction of sp³-hybridized carbons (Fsp3) is 0.278. The lowest BCUT2D eigenvalue weighted by Crippen LogP contribution is -2.31. The molecule has 0 saturated carbocycles. The number of nitrogens with one attached hydrogen (secondary N) is 1. The molecule has 0 bridgehead atoms. The minimum absolute atomic E-state index is 0.0162. The number of carbonyl (C=O) groups is 1. The van der Waals surface area contributed by atoms with Gasteiger partial charge in [-0.1, -0.05) is 35.9 Å². The predicted octanol–water partition coefficient (Wildman–Crippen LogP) is 4.21. The molecule has 1 atom stereocenters. The Bertz CT molecular complexity index is 650. The summed E-state index contributed by atoms with van der Waals surface area (Å²) in [5, 5.41) is 3.53. The Morgan fingerprint density at radius 1 is 1.18 bits per heavy atom. The van der Waals surface area contributed by atoms with E-state index in [1.807, 2.05) is 57.2 Å². The highest BCUT2D eigenvalue weighted by molar-refractivity contribution is 6.31. The molecule has 0 aliphatic carbocycles. The van der Waals surface area contributed by atoms with E-state index >= 15 is 0 Å². The minimum Gasteiger partial charge on any atom is -0.484 e. The van der Waals surface area contributed by atoms with Crippen molar-refractivity contribution in [2.24, 2.45) is 0 Å². The van der Waals surface area contributed by atoms with Crippen molar-refractivity contribution >= 4 is 17.5 Å². The van der Waals surface area contributed by atoms with Crippen LogP contribution in [0.4, 0.5) is 0 Å². The molecule has 1 N–H and O–H groups in total. The molecule has 22 heavy (non-hydrogen) atoms. The third-order valence-corrected chi connectivity index (χ3v) is 3.66. The quantitative estimate of drug-likeness (QED) is 0.897. The molecule has 116 valence electrons. The van der Waals surface area contributed by atoms with Gasteiger partial charge in [-0.15, -0.1) is 0 Å². The summed E-state index contributed by atoms with van der Waals surface area (Å²) in [4.78, 5) is 12.0. The number of hydrogen-bond donors (Lipinski definition) is 1. The maximum absolute atomic E-state index is 12.0. The van der Waals surface area contributed by atoms with Crippen LogP contribution in [0.2, 0.25) is 5.02 Å². The Kier molecular flexibility index (Phi) is 5.45. The molecule has 3 nitrogen and oxygen atoms in total. The van der Waals surface area contributed by atoms with Gasteiger partial charge in [-0.3, -0.25) is 4.79 Å². The van der Waals surface area contributed by atoms with Crippen molar-refractivity contribution in [2.75, 3.05) is 6.61 Å². The zero-order chi connectivity index (χ0) is 16.1. The molecule has 0 aliphatic rings. The van der Waals surface area contributed by atoms with Crippen LogP contribution in [-0.4, -0.2) is 12.5 Å². The average molecular weight is 318 g/mol. The van der Waals surface area contributed by atoms with Gasteiger partial charge in [-0.2, -0.15) is 0 Å². The van der Waals surface area contributed by atoms with E-state index in [1.165, 1.54) is 0 Å². The second kappa shape index (κ2) is 7.32. The van der Waals surface area contributed by atoms with Crippen molar-refractivity contribution in [3.05, 3.63) is 64.2 Å². The van der Waals surface area contributed by atoms with E-state index in [1.54, 1.807) is 0 Å². The lowest BCUT2D eigenvalue weighted by Gasteiger charge is -2.16. The number of hydrogen-bond acceptors (Lipinski definition) is 2. The Morgan fingerprint density at radius 3 is 2.45 bits per heavy atom. The fourth-order valence-corrected chi connectivity index (χ4v) is 2.65. The van der Waals surface area contributed by atoms with E-state index in [0.717, 1.165) is 16.7 Å². The first-order valence-electron chi connectivity index (χ1n) is 7.20. The molecule has 0 radical (unpaired) electrons. The van der Waals surface area contributed by atoms with Gasteiger partial charge >= 0.3 is 0 Å². The van der Waals surface area contributed by atoms with Gasteiger partial charge < -0.3 is 10.1 Å². The SMILES string of the molecule is Cc1cc(C)cc(OCC(=O)NC(C)c2ccccc2Cl)c1. The first-order valence-corrected chi connectivity index (χ1v) is 7.58. The van der Waals surface area contributed by atoms with Gasteiger partial charge in [0.25, 0.3) is 5.91 Å². The van der Waals surface area contributed by atoms with Crippen molar-refractivity contribution in [2.45, 2.75) is 26.8 Å². The topological polar surface area (TPSA) is 38.3 Å². The van der Waals surface area contributed by atoms with E-state index in [9.17, 15) is 4.79 Å². The van der Waals surface area contributed by atoms with Gasteiger partial charge in [-0.25, -0.2) is 0 Å².